The number of hydrogen-bond acceptors (Lipinski definition) is 6. The van der Waals surface area contributed by atoms with Gasteiger partial charge in [0.25, 0.3) is 0 Å². The van der Waals surface area contributed by atoms with Gasteiger partial charge in [-0.25, -0.2) is 4.90 Å². The molecule has 2 aromatic rings. The van der Waals surface area contributed by atoms with Crippen LogP contribution in [0.5, 0.6) is 5.75 Å². The fraction of sp³-hybridized carbons (Fsp3) is 0.423. The maximum absolute atomic E-state index is 13.7. The lowest BCUT2D eigenvalue weighted by Gasteiger charge is -2.29. The van der Waals surface area contributed by atoms with Gasteiger partial charge in [-0.1, -0.05) is 38.1 Å². The molecule has 0 saturated carbocycles. The predicted molar refractivity (Wildman–Crippen MR) is 124 cm³/mol. The molecule has 2 fully saturated rings. The van der Waals surface area contributed by atoms with E-state index in [2.05, 4.69) is 19.2 Å². The number of esters is 1. The van der Waals surface area contributed by atoms with Crippen molar-refractivity contribution in [2.75, 3.05) is 18.6 Å². The van der Waals surface area contributed by atoms with Crippen LogP contribution in [0.4, 0.5) is 5.69 Å². The Hall–Kier alpha value is -3.19. The summed E-state index contributed by atoms with van der Waals surface area (Å²) in [5, 5.41) is 3.31. The zero-order valence-corrected chi connectivity index (χ0v) is 19.6. The molecule has 2 saturated heterocycles. The standard InChI is InChI=1S/C26H30N2O5/c1-6-33-25(31)26(4)21-20(22(27-26)17-9-7-16(8-10-17)15(2)3)23(29)28(24(21)30)18-11-13-19(32-5)14-12-18/h7-15,20-22,27H,6H2,1-5H3/t20-,21+,22-,26-/m0/s1. The Balaban J connectivity index is 1.77. The van der Waals surface area contributed by atoms with Crippen LogP contribution in [0.15, 0.2) is 48.5 Å². The van der Waals surface area contributed by atoms with E-state index in [9.17, 15) is 14.4 Å². The van der Waals surface area contributed by atoms with Crippen LogP contribution in [0, 0.1) is 11.8 Å². The summed E-state index contributed by atoms with van der Waals surface area (Å²) in [7, 11) is 1.55. The fourth-order valence-corrected chi connectivity index (χ4v) is 4.97. The molecule has 174 valence electrons. The minimum Gasteiger partial charge on any atom is -0.497 e. The lowest BCUT2D eigenvalue weighted by Crippen LogP contribution is -2.54. The minimum absolute atomic E-state index is 0.186. The molecule has 2 heterocycles. The molecular formula is C26H30N2O5. The number of ether oxygens (including phenoxy) is 2. The monoisotopic (exact) mass is 450 g/mol. The number of nitrogens with one attached hydrogen (secondary N) is 1. The van der Waals surface area contributed by atoms with Gasteiger partial charge in [-0.2, -0.15) is 0 Å². The van der Waals surface area contributed by atoms with Crippen LogP contribution in [-0.4, -0.2) is 37.0 Å². The lowest BCUT2D eigenvalue weighted by molar-refractivity contribution is -0.153. The van der Waals surface area contributed by atoms with Crippen LogP contribution >= 0.6 is 0 Å². The number of anilines is 1. The molecule has 0 unspecified atom stereocenters. The number of carbonyl (C=O) groups excluding carboxylic acids is 3. The number of fused-ring (bicyclic) bond motifs is 1. The molecule has 1 N–H and O–H groups in total. The Labute approximate surface area is 194 Å². The van der Waals surface area contributed by atoms with Crippen LogP contribution in [0.3, 0.4) is 0 Å². The van der Waals surface area contributed by atoms with E-state index in [4.69, 9.17) is 9.47 Å². The van der Waals surface area contributed by atoms with Gasteiger partial charge in [0.15, 0.2) is 0 Å². The van der Waals surface area contributed by atoms with Crippen molar-refractivity contribution >= 4 is 23.5 Å². The fourth-order valence-electron chi connectivity index (χ4n) is 4.97. The average Bonchev–Trinajstić information content (AvgIpc) is 3.27. The smallest absolute Gasteiger partial charge is 0.326 e. The van der Waals surface area contributed by atoms with E-state index in [1.54, 1.807) is 45.2 Å². The Bertz CT molecular complexity index is 1060. The first-order valence-electron chi connectivity index (χ1n) is 11.3. The summed E-state index contributed by atoms with van der Waals surface area (Å²) in [5.74, 6) is -1.86. The van der Waals surface area contributed by atoms with Crippen molar-refractivity contribution in [3.63, 3.8) is 0 Å². The molecular weight excluding hydrogens is 420 g/mol. The van der Waals surface area contributed by atoms with E-state index in [-0.39, 0.29) is 12.5 Å². The third kappa shape index (κ3) is 3.70. The average molecular weight is 451 g/mol. The van der Waals surface area contributed by atoms with Crippen molar-refractivity contribution in [2.45, 2.75) is 45.2 Å². The van der Waals surface area contributed by atoms with Gasteiger partial charge < -0.3 is 9.47 Å². The van der Waals surface area contributed by atoms with Gasteiger partial charge >= 0.3 is 5.97 Å². The lowest BCUT2D eigenvalue weighted by atomic mass is 9.80. The van der Waals surface area contributed by atoms with E-state index < -0.39 is 35.3 Å². The highest BCUT2D eigenvalue weighted by atomic mass is 16.5. The summed E-state index contributed by atoms with van der Waals surface area (Å²) < 4.78 is 10.5. The van der Waals surface area contributed by atoms with Crippen molar-refractivity contribution < 1.29 is 23.9 Å². The molecule has 2 aromatic carbocycles. The summed E-state index contributed by atoms with van der Waals surface area (Å²) in [6.45, 7) is 7.80. The topological polar surface area (TPSA) is 84.9 Å². The van der Waals surface area contributed by atoms with Gasteiger partial charge in [0.05, 0.1) is 31.2 Å². The van der Waals surface area contributed by atoms with Crippen molar-refractivity contribution in [2.24, 2.45) is 11.8 Å². The summed E-state index contributed by atoms with van der Waals surface area (Å²) in [5.41, 5.74) is 1.17. The summed E-state index contributed by atoms with van der Waals surface area (Å²) in [6, 6.07) is 14.3. The Morgan fingerprint density at radius 2 is 1.70 bits per heavy atom. The zero-order chi connectivity index (χ0) is 23.9. The molecule has 7 heteroatoms. The first-order chi connectivity index (χ1) is 15.7. The number of nitrogens with zero attached hydrogens (tertiary/aromatic N) is 1. The zero-order valence-electron chi connectivity index (χ0n) is 19.6. The largest absolute Gasteiger partial charge is 0.497 e. The highest BCUT2D eigenvalue weighted by Gasteiger charge is 2.67. The maximum atomic E-state index is 13.7. The van der Waals surface area contributed by atoms with Crippen molar-refractivity contribution in [1.82, 2.24) is 5.32 Å². The Morgan fingerprint density at radius 3 is 2.24 bits per heavy atom. The second kappa shape index (κ2) is 8.63. The number of methoxy groups -OCH3 is 1. The van der Waals surface area contributed by atoms with Gasteiger partial charge in [-0.15, -0.1) is 0 Å². The van der Waals surface area contributed by atoms with Crippen molar-refractivity contribution in [3.05, 3.63) is 59.7 Å². The molecule has 2 aliphatic rings. The van der Waals surface area contributed by atoms with E-state index in [0.717, 1.165) is 5.56 Å². The number of carbonyl (C=O) groups is 3. The van der Waals surface area contributed by atoms with Gasteiger partial charge in [0, 0.05) is 6.04 Å². The molecule has 0 radical (unpaired) electrons. The molecule has 0 spiro atoms. The molecule has 0 bridgehead atoms. The normalized spacial score (nSPS) is 26.6. The van der Waals surface area contributed by atoms with Crippen LogP contribution in [-0.2, 0) is 19.1 Å². The number of hydrogen-bond donors (Lipinski definition) is 1. The number of imide groups is 1. The highest BCUT2D eigenvalue weighted by Crippen LogP contribution is 2.50. The van der Waals surface area contributed by atoms with Gasteiger partial charge in [-0.05, 0) is 55.2 Å². The molecule has 4 rings (SSSR count). The van der Waals surface area contributed by atoms with Gasteiger partial charge in [0.1, 0.15) is 11.3 Å². The summed E-state index contributed by atoms with van der Waals surface area (Å²) >= 11 is 0. The first kappa shape index (κ1) is 23.0. The quantitative estimate of drug-likeness (QED) is 0.535. The third-order valence-corrected chi connectivity index (χ3v) is 6.78. The molecule has 7 nitrogen and oxygen atoms in total. The van der Waals surface area contributed by atoms with Crippen LogP contribution in [0.1, 0.15) is 50.8 Å². The highest BCUT2D eigenvalue weighted by molar-refractivity contribution is 6.24. The van der Waals surface area contributed by atoms with Crippen molar-refractivity contribution in [1.29, 1.82) is 0 Å². The Kier molecular flexibility index (Phi) is 6.01. The SMILES string of the molecule is CCOC(=O)[C@@]1(C)N[C@@H](c2ccc(C(C)C)cc2)[C@H]2C(=O)N(c3ccc(OC)cc3)C(=O)[C@@H]21. The second-order valence-corrected chi connectivity index (χ2v) is 9.08. The summed E-state index contributed by atoms with van der Waals surface area (Å²) in [6.07, 6.45) is 0. The minimum atomic E-state index is -1.32. The van der Waals surface area contributed by atoms with Crippen molar-refractivity contribution in [3.8, 4) is 5.75 Å². The molecule has 33 heavy (non-hydrogen) atoms. The number of benzene rings is 2. The van der Waals surface area contributed by atoms with Gasteiger partial charge in [0.2, 0.25) is 11.8 Å². The molecule has 0 aliphatic carbocycles. The van der Waals surface area contributed by atoms with E-state index >= 15 is 0 Å². The van der Waals surface area contributed by atoms with E-state index in [1.165, 1.54) is 10.5 Å². The molecule has 2 amide bonds. The van der Waals surface area contributed by atoms with E-state index in [1.807, 2.05) is 24.3 Å². The Morgan fingerprint density at radius 1 is 1.06 bits per heavy atom. The number of rotatable bonds is 6. The third-order valence-electron chi connectivity index (χ3n) is 6.78. The summed E-state index contributed by atoms with van der Waals surface area (Å²) in [4.78, 5) is 41.5. The van der Waals surface area contributed by atoms with Crippen LogP contribution < -0.4 is 15.0 Å². The van der Waals surface area contributed by atoms with Crippen LogP contribution in [0.2, 0.25) is 0 Å². The second-order valence-electron chi connectivity index (χ2n) is 9.08. The van der Waals surface area contributed by atoms with E-state index in [0.29, 0.717) is 17.4 Å². The first-order valence-corrected chi connectivity index (χ1v) is 11.3. The molecule has 0 aromatic heterocycles. The molecule has 2 aliphatic heterocycles. The maximum Gasteiger partial charge on any atom is 0.326 e. The molecule has 4 atom stereocenters. The predicted octanol–water partition coefficient (Wildman–Crippen LogP) is 3.59. The number of amides is 2. The van der Waals surface area contributed by atoms with Crippen LogP contribution in [0.25, 0.3) is 0 Å². The van der Waals surface area contributed by atoms with Gasteiger partial charge in [-0.3, -0.25) is 19.7 Å².